The van der Waals surface area contributed by atoms with Gasteiger partial charge in [0.1, 0.15) is 17.6 Å². The Kier molecular flexibility index (Phi) is 13.1. The highest BCUT2D eigenvalue weighted by molar-refractivity contribution is 6.31. The minimum atomic E-state index is -0.658. The van der Waals surface area contributed by atoms with Crippen molar-refractivity contribution in [1.29, 1.82) is 0 Å². The molecule has 2 aromatic rings. The van der Waals surface area contributed by atoms with Crippen molar-refractivity contribution in [3.63, 3.8) is 0 Å². The molecule has 10 nitrogen and oxygen atoms in total. The molecule has 2 rings (SSSR count). The van der Waals surface area contributed by atoms with Gasteiger partial charge in [0.05, 0.1) is 17.9 Å². The third-order valence-corrected chi connectivity index (χ3v) is 6.29. The molecule has 0 heterocycles. The van der Waals surface area contributed by atoms with Crippen LogP contribution < -0.4 is 26.0 Å². The molecule has 0 aliphatic heterocycles. The Bertz CT molecular complexity index is 1220. The third kappa shape index (κ3) is 10.7. The molecule has 0 radical (unpaired) electrons. The van der Waals surface area contributed by atoms with Gasteiger partial charge < -0.3 is 35.6 Å². The molecule has 0 fully saturated rings. The first-order chi connectivity index (χ1) is 19.4. The molecule has 4 N–H and O–H groups in total. The number of rotatable bonds is 15. The van der Waals surface area contributed by atoms with Gasteiger partial charge in [-0.1, -0.05) is 43.6 Å². The number of halogens is 1. The highest BCUT2D eigenvalue weighted by Crippen LogP contribution is 2.25. The summed E-state index contributed by atoms with van der Waals surface area (Å²) in [5, 5.41) is 12.0. The van der Waals surface area contributed by atoms with Gasteiger partial charge >= 0.3 is 0 Å². The Balaban J connectivity index is 2.23. The second-order valence-corrected chi connectivity index (χ2v) is 10.9. The van der Waals surface area contributed by atoms with E-state index in [0.717, 1.165) is 0 Å². The maximum atomic E-state index is 13.4. The number of likely N-dealkylation sites (N-methyl/N-ethyl adjacent to an activating group) is 2. The van der Waals surface area contributed by atoms with Crippen LogP contribution in [-0.2, 0) is 14.3 Å². The van der Waals surface area contributed by atoms with Gasteiger partial charge in [0, 0.05) is 44.4 Å². The van der Waals surface area contributed by atoms with E-state index in [1.165, 1.54) is 0 Å². The molecule has 2 aromatic carbocycles. The zero-order valence-corrected chi connectivity index (χ0v) is 25.6. The zero-order chi connectivity index (χ0) is 30.6. The van der Waals surface area contributed by atoms with Gasteiger partial charge in [0.25, 0.3) is 11.8 Å². The molecule has 224 valence electrons. The molecule has 0 spiro atoms. The van der Waals surface area contributed by atoms with Crippen molar-refractivity contribution in [2.45, 2.75) is 33.3 Å². The summed E-state index contributed by atoms with van der Waals surface area (Å²) in [7, 11) is 6.99. The molecule has 0 bridgehead atoms. The van der Waals surface area contributed by atoms with Gasteiger partial charge in [-0.15, -0.1) is 0 Å². The first kappa shape index (κ1) is 33.6. The maximum Gasteiger partial charge on any atom is 0.274 e. The summed E-state index contributed by atoms with van der Waals surface area (Å²) in [5.74, 6) is -0.830. The number of carbonyl (C=O) groups is 3. The van der Waals surface area contributed by atoms with E-state index < -0.39 is 23.3 Å². The molecule has 11 heteroatoms. The summed E-state index contributed by atoms with van der Waals surface area (Å²) in [4.78, 5) is 41.6. The van der Waals surface area contributed by atoms with Crippen molar-refractivity contribution in [3.05, 3.63) is 70.5 Å². The summed E-state index contributed by atoms with van der Waals surface area (Å²) in [6.07, 6.45) is -0.498. The van der Waals surface area contributed by atoms with Crippen LogP contribution >= 0.6 is 11.6 Å². The monoisotopic (exact) mass is 587 g/mol. The van der Waals surface area contributed by atoms with Gasteiger partial charge in [0.15, 0.2) is 0 Å². The third-order valence-electron chi connectivity index (χ3n) is 6.05. The van der Waals surface area contributed by atoms with E-state index in [0.29, 0.717) is 40.9 Å². The number of benzene rings is 2. The zero-order valence-electron chi connectivity index (χ0n) is 24.9. The first-order valence-electron chi connectivity index (χ1n) is 13.4. The van der Waals surface area contributed by atoms with Gasteiger partial charge in [-0.3, -0.25) is 14.4 Å². The number of methoxy groups -OCH3 is 1. The fraction of sp³-hybridized carbons (Fsp3) is 0.433. The number of anilines is 1. The van der Waals surface area contributed by atoms with Crippen LogP contribution in [0.25, 0.3) is 0 Å². The second kappa shape index (κ2) is 16.0. The molecule has 1 atom stereocenters. The van der Waals surface area contributed by atoms with Crippen molar-refractivity contribution in [3.8, 4) is 5.75 Å². The van der Waals surface area contributed by atoms with E-state index in [4.69, 9.17) is 21.1 Å². The van der Waals surface area contributed by atoms with Gasteiger partial charge in [0.2, 0.25) is 5.91 Å². The van der Waals surface area contributed by atoms with E-state index in [-0.39, 0.29) is 24.6 Å². The summed E-state index contributed by atoms with van der Waals surface area (Å²) in [6.45, 7) is 6.58. The largest absolute Gasteiger partial charge is 0.493 e. The fourth-order valence-corrected chi connectivity index (χ4v) is 4.25. The van der Waals surface area contributed by atoms with Crippen molar-refractivity contribution < 1.29 is 23.9 Å². The SMILES string of the molecule is CCOc1ccc(Cl)cc1C(=O)NCC(C)(C)CC(=O)N/C(C(=O)Nc1ccccc1)=C(/NC)C(CN(C)C)OC. The lowest BCUT2D eigenvalue weighted by atomic mass is 9.88. The molecule has 0 saturated carbocycles. The summed E-state index contributed by atoms with van der Waals surface area (Å²) in [6, 6.07) is 13.8. The number of nitrogens with zero attached hydrogens (tertiary/aromatic N) is 1. The topological polar surface area (TPSA) is 121 Å². The number of para-hydroxylation sites is 1. The van der Waals surface area contributed by atoms with Crippen molar-refractivity contribution >= 4 is 35.0 Å². The molecule has 1 unspecified atom stereocenters. The minimum absolute atomic E-state index is 0.0194. The summed E-state index contributed by atoms with van der Waals surface area (Å²) < 4.78 is 11.2. The molecular formula is C30H42ClN5O5. The lowest BCUT2D eigenvalue weighted by Crippen LogP contribution is -2.42. The Hall–Kier alpha value is -3.60. The van der Waals surface area contributed by atoms with Crippen LogP contribution in [0.2, 0.25) is 5.02 Å². The van der Waals surface area contributed by atoms with Crippen LogP contribution in [0.1, 0.15) is 37.6 Å². The van der Waals surface area contributed by atoms with Crippen LogP contribution in [0.5, 0.6) is 5.75 Å². The van der Waals surface area contributed by atoms with Gasteiger partial charge in [-0.2, -0.15) is 0 Å². The lowest BCUT2D eigenvalue weighted by molar-refractivity contribution is -0.124. The Morgan fingerprint density at radius 2 is 1.76 bits per heavy atom. The van der Waals surface area contributed by atoms with Gasteiger partial charge in [-0.05, 0) is 56.8 Å². The number of hydrogen-bond donors (Lipinski definition) is 4. The molecule has 41 heavy (non-hydrogen) atoms. The Morgan fingerprint density at radius 3 is 2.34 bits per heavy atom. The average molecular weight is 588 g/mol. The van der Waals surface area contributed by atoms with Crippen LogP contribution in [0.15, 0.2) is 59.9 Å². The lowest BCUT2D eigenvalue weighted by Gasteiger charge is -2.27. The van der Waals surface area contributed by atoms with Crippen molar-refractivity contribution in [2.75, 3.05) is 53.3 Å². The first-order valence-corrected chi connectivity index (χ1v) is 13.7. The van der Waals surface area contributed by atoms with E-state index >= 15 is 0 Å². The second-order valence-electron chi connectivity index (χ2n) is 10.5. The fourth-order valence-electron chi connectivity index (χ4n) is 4.08. The summed E-state index contributed by atoms with van der Waals surface area (Å²) in [5.41, 5.74) is 0.716. The van der Waals surface area contributed by atoms with E-state index in [1.54, 1.807) is 56.6 Å². The highest BCUT2D eigenvalue weighted by atomic mass is 35.5. The molecule has 0 saturated heterocycles. The van der Waals surface area contributed by atoms with E-state index in [9.17, 15) is 14.4 Å². The van der Waals surface area contributed by atoms with Crippen LogP contribution in [0.3, 0.4) is 0 Å². The number of ether oxygens (including phenoxy) is 2. The van der Waals surface area contributed by atoms with Crippen LogP contribution in [-0.4, -0.2) is 76.7 Å². The standard InChI is InChI=1S/C30H42ClN5O5/c1-8-41-23-15-14-20(31)16-22(23)28(38)33-19-30(2,3)17-25(37)35-27(26(32-4)24(40-7)18-36(5)6)29(39)34-21-12-10-9-11-13-21/h9-16,24,32H,8,17-19H2,1-7H3,(H,33,38)(H,34,39)(H,35,37)/b27-26+. The van der Waals surface area contributed by atoms with Gasteiger partial charge in [-0.25, -0.2) is 0 Å². The number of hydrogen-bond acceptors (Lipinski definition) is 7. The molecule has 0 aromatic heterocycles. The quantitative estimate of drug-likeness (QED) is 0.235. The normalized spacial score (nSPS) is 12.7. The molecular weight excluding hydrogens is 546 g/mol. The van der Waals surface area contributed by atoms with Crippen molar-refractivity contribution in [2.24, 2.45) is 5.41 Å². The number of nitrogens with one attached hydrogen (secondary N) is 4. The van der Waals surface area contributed by atoms with Crippen molar-refractivity contribution in [1.82, 2.24) is 20.9 Å². The average Bonchev–Trinajstić information content (AvgIpc) is 2.92. The minimum Gasteiger partial charge on any atom is -0.493 e. The van der Waals surface area contributed by atoms with E-state index in [2.05, 4.69) is 21.3 Å². The van der Waals surface area contributed by atoms with Crippen LogP contribution in [0.4, 0.5) is 5.69 Å². The van der Waals surface area contributed by atoms with E-state index in [1.807, 2.05) is 45.8 Å². The smallest absolute Gasteiger partial charge is 0.274 e. The summed E-state index contributed by atoms with van der Waals surface area (Å²) >= 11 is 6.10. The predicted octanol–water partition coefficient (Wildman–Crippen LogP) is 3.65. The highest BCUT2D eigenvalue weighted by Gasteiger charge is 2.28. The van der Waals surface area contributed by atoms with Crippen LogP contribution in [0, 0.1) is 5.41 Å². The molecule has 0 aliphatic carbocycles. The number of amides is 3. The molecule has 3 amide bonds. The number of carbonyl (C=O) groups excluding carboxylic acids is 3. The molecule has 0 aliphatic rings. The maximum absolute atomic E-state index is 13.4. The predicted molar refractivity (Wildman–Crippen MR) is 162 cm³/mol. The Labute approximate surface area is 247 Å². The Morgan fingerprint density at radius 1 is 1.07 bits per heavy atom.